The van der Waals surface area contributed by atoms with Crippen LogP contribution < -0.4 is 10.6 Å². The summed E-state index contributed by atoms with van der Waals surface area (Å²) < 4.78 is 1.85. The molecule has 2 N–H and O–H groups in total. The third-order valence-corrected chi connectivity index (χ3v) is 2.80. The molecule has 2 unspecified atom stereocenters. The molecule has 1 aromatic rings. The summed E-state index contributed by atoms with van der Waals surface area (Å²) in [5, 5.41) is 9.73. The third kappa shape index (κ3) is 5.47. The van der Waals surface area contributed by atoms with Crippen molar-refractivity contribution >= 4 is 6.03 Å². The molecule has 0 aliphatic heterocycles. The van der Waals surface area contributed by atoms with E-state index in [1.165, 1.54) is 0 Å². The van der Waals surface area contributed by atoms with E-state index in [4.69, 9.17) is 6.42 Å². The standard InChI is InChI=1S/C14H22N4O/c1-5-13(11(2)3)17-14(19)15-9-12(4)10-18-8-6-7-16-18/h1,6-8,11-13H,9-10H2,2-4H3,(H2,15,17,19). The summed E-state index contributed by atoms with van der Waals surface area (Å²) in [7, 11) is 0. The number of terminal acetylenes is 1. The zero-order chi connectivity index (χ0) is 14.3. The van der Waals surface area contributed by atoms with Gasteiger partial charge in [-0.1, -0.05) is 26.7 Å². The Morgan fingerprint density at radius 3 is 2.74 bits per heavy atom. The second kappa shape index (κ2) is 7.47. The maximum absolute atomic E-state index is 11.7. The molecule has 2 amide bonds. The molecule has 0 spiro atoms. The van der Waals surface area contributed by atoms with Gasteiger partial charge in [-0.15, -0.1) is 6.42 Å². The van der Waals surface area contributed by atoms with Crippen molar-refractivity contribution in [2.24, 2.45) is 11.8 Å². The van der Waals surface area contributed by atoms with Crippen molar-refractivity contribution in [2.45, 2.75) is 33.4 Å². The number of nitrogens with zero attached hydrogens (tertiary/aromatic N) is 2. The Hall–Kier alpha value is -1.96. The Morgan fingerprint density at radius 2 is 2.21 bits per heavy atom. The average Bonchev–Trinajstić information content (AvgIpc) is 2.85. The lowest BCUT2D eigenvalue weighted by molar-refractivity contribution is 0.234. The first-order valence-corrected chi connectivity index (χ1v) is 6.50. The molecule has 0 aromatic carbocycles. The molecule has 5 heteroatoms. The monoisotopic (exact) mass is 262 g/mol. The maximum atomic E-state index is 11.7. The maximum Gasteiger partial charge on any atom is 0.315 e. The van der Waals surface area contributed by atoms with Crippen molar-refractivity contribution < 1.29 is 4.79 Å². The number of carbonyl (C=O) groups is 1. The van der Waals surface area contributed by atoms with Gasteiger partial charge >= 0.3 is 6.03 Å². The summed E-state index contributed by atoms with van der Waals surface area (Å²) >= 11 is 0. The average molecular weight is 262 g/mol. The SMILES string of the molecule is C#CC(NC(=O)NCC(C)Cn1cccn1)C(C)C. The molecule has 0 saturated carbocycles. The third-order valence-electron chi connectivity index (χ3n) is 2.80. The quantitative estimate of drug-likeness (QED) is 0.763. The number of nitrogens with one attached hydrogen (secondary N) is 2. The first kappa shape index (κ1) is 15.1. The van der Waals surface area contributed by atoms with Crippen LogP contribution in [0.2, 0.25) is 0 Å². The number of urea groups is 1. The van der Waals surface area contributed by atoms with Gasteiger partial charge in [0, 0.05) is 25.5 Å². The number of rotatable bonds is 6. The summed E-state index contributed by atoms with van der Waals surface area (Å²) in [5.74, 6) is 3.09. The molecule has 5 nitrogen and oxygen atoms in total. The van der Waals surface area contributed by atoms with E-state index >= 15 is 0 Å². The molecule has 104 valence electrons. The van der Waals surface area contributed by atoms with E-state index in [0.29, 0.717) is 12.5 Å². The van der Waals surface area contributed by atoms with E-state index < -0.39 is 0 Å². The second-order valence-electron chi connectivity index (χ2n) is 5.08. The zero-order valence-corrected chi connectivity index (χ0v) is 11.8. The fraction of sp³-hybridized carbons (Fsp3) is 0.571. The molecule has 19 heavy (non-hydrogen) atoms. The van der Waals surface area contributed by atoms with Crippen LogP contribution in [0.3, 0.4) is 0 Å². The molecule has 0 fully saturated rings. The molecular weight excluding hydrogens is 240 g/mol. The van der Waals surface area contributed by atoms with Crippen molar-refractivity contribution in [1.82, 2.24) is 20.4 Å². The van der Waals surface area contributed by atoms with Crippen molar-refractivity contribution in [2.75, 3.05) is 6.54 Å². The Morgan fingerprint density at radius 1 is 1.47 bits per heavy atom. The predicted octanol–water partition coefficient (Wildman–Crippen LogP) is 1.48. The highest BCUT2D eigenvalue weighted by atomic mass is 16.2. The van der Waals surface area contributed by atoms with E-state index in [2.05, 4.69) is 28.6 Å². The summed E-state index contributed by atoms with van der Waals surface area (Å²) in [6.45, 7) is 7.37. The highest BCUT2D eigenvalue weighted by Gasteiger charge is 2.13. The van der Waals surface area contributed by atoms with E-state index in [9.17, 15) is 4.79 Å². The lowest BCUT2D eigenvalue weighted by atomic mass is 10.1. The van der Waals surface area contributed by atoms with Crippen molar-refractivity contribution in [3.63, 3.8) is 0 Å². The minimum Gasteiger partial charge on any atom is -0.338 e. The van der Waals surface area contributed by atoms with Crippen LogP contribution in [0.4, 0.5) is 4.79 Å². The normalized spacial score (nSPS) is 13.6. The number of aromatic nitrogens is 2. The lowest BCUT2D eigenvalue weighted by Gasteiger charge is -2.18. The Balaban J connectivity index is 2.28. The number of amides is 2. The number of hydrogen-bond donors (Lipinski definition) is 2. The summed E-state index contributed by atoms with van der Waals surface area (Å²) in [6, 6.07) is 1.43. The Bertz CT molecular complexity index is 419. The van der Waals surface area contributed by atoms with Gasteiger partial charge in [0.2, 0.25) is 0 Å². The molecule has 0 aliphatic rings. The topological polar surface area (TPSA) is 59.0 Å². The zero-order valence-electron chi connectivity index (χ0n) is 11.8. The molecule has 1 heterocycles. The molecule has 2 atom stereocenters. The highest BCUT2D eigenvalue weighted by Crippen LogP contribution is 2.00. The molecule has 0 aliphatic carbocycles. The molecule has 1 rings (SSSR count). The lowest BCUT2D eigenvalue weighted by Crippen LogP contribution is -2.45. The van der Waals surface area contributed by atoms with Crippen LogP contribution in [0.1, 0.15) is 20.8 Å². The van der Waals surface area contributed by atoms with Crippen LogP contribution in [-0.4, -0.2) is 28.4 Å². The second-order valence-corrected chi connectivity index (χ2v) is 5.08. The van der Waals surface area contributed by atoms with Gasteiger partial charge in [0.15, 0.2) is 0 Å². The molecule has 0 saturated heterocycles. The molecular formula is C14H22N4O. The van der Waals surface area contributed by atoms with Crippen LogP contribution in [0, 0.1) is 24.2 Å². The van der Waals surface area contributed by atoms with Crippen LogP contribution >= 0.6 is 0 Å². The summed E-state index contributed by atoms with van der Waals surface area (Å²) in [6.07, 6.45) is 9.01. The van der Waals surface area contributed by atoms with Crippen molar-refractivity contribution in [3.8, 4) is 12.3 Å². The van der Waals surface area contributed by atoms with Crippen molar-refractivity contribution in [3.05, 3.63) is 18.5 Å². The minimum atomic E-state index is -0.235. The van der Waals surface area contributed by atoms with Crippen LogP contribution in [0.25, 0.3) is 0 Å². The largest absolute Gasteiger partial charge is 0.338 e. The van der Waals surface area contributed by atoms with Gasteiger partial charge in [-0.2, -0.15) is 5.10 Å². The van der Waals surface area contributed by atoms with Gasteiger partial charge in [0.05, 0.1) is 6.04 Å². The van der Waals surface area contributed by atoms with Crippen molar-refractivity contribution in [1.29, 1.82) is 0 Å². The first-order valence-electron chi connectivity index (χ1n) is 6.50. The van der Waals surface area contributed by atoms with Crippen LogP contribution in [-0.2, 0) is 6.54 Å². The van der Waals surface area contributed by atoms with Gasteiger partial charge < -0.3 is 10.6 Å². The van der Waals surface area contributed by atoms with Gasteiger partial charge in [0.1, 0.15) is 0 Å². The van der Waals surface area contributed by atoms with Gasteiger partial charge in [-0.3, -0.25) is 4.68 Å². The van der Waals surface area contributed by atoms with Gasteiger partial charge in [-0.25, -0.2) is 4.79 Å². The van der Waals surface area contributed by atoms with Gasteiger partial charge in [-0.05, 0) is 17.9 Å². The molecule has 0 radical (unpaired) electrons. The Kier molecular flexibility index (Phi) is 5.94. The van der Waals surface area contributed by atoms with E-state index in [-0.39, 0.29) is 18.0 Å². The fourth-order valence-corrected chi connectivity index (χ4v) is 1.65. The first-order chi connectivity index (χ1) is 9.02. The van der Waals surface area contributed by atoms with E-state index in [1.54, 1.807) is 6.20 Å². The fourth-order valence-electron chi connectivity index (χ4n) is 1.65. The minimum absolute atomic E-state index is 0.219. The van der Waals surface area contributed by atoms with E-state index in [1.807, 2.05) is 30.8 Å². The predicted molar refractivity (Wildman–Crippen MR) is 75.4 cm³/mol. The molecule has 1 aromatic heterocycles. The van der Waals surface area contributed by atoms with E-state index in [0.717, 1.165) is 6.54 Å². The summed E-state index contributed by atoms with van der Waals surface area (Å²) in [4.78, 5) is 11.7. The van der Waals surface area contributed by atoms with Crippen LogP contribution in [0.15, 0.2) is 18.5 Å². The number of carbonyl (C=O) groups excluding carboxylic acids is 1. The van der Waals surface area contributed by atoms with Gasteiger partial charge in [0.25, 0.3) is 0 Å². The summed E-state index contributed by atoms with van der Waals surface area (Å²) in [5.41, 5.74) is 0. The Labute approximate surface area is 114 Å². The van der Waals surface area contributed by atoms with Crippen LogP contribution in [0.5, 0.6) is 0 Å². The molecule has 0 bridgehead atoms. The highest BCUT2D eigenvalue weighted by molar-refractivity contribution is 5.74. The smallest absolute Gasteiger partial charge is 0.315 e. The number of hydrogen-bond acceptors (Lipinski definition) is 2.